The van der Waals surface area contributed by atoms with Crippen LogP contribution < -0.4 is 0 Å². The van der Waals surface area contributed by atoms with Crippen LogP contribution in [0.5, 0.6) is 0 Å². The molecule has 0 heterocycles. The predicted octanol–water partition coefficient (Wildman–Crippen LogP) is 18.9. The highest BCUT2D eigenvalue weighted by Gasteiger charge is 2.62. The number of hydrogen-bond acceptors (Lipinski definition) is 1. The van der Waals surface area contributed by atoms with Crippen LogP contribution in [0.1, 0.15) is 277 Å². The third kappa shape index (κ3) is 9.68. The average Bonchev–Trinajstić information content (AvgIpc) is 3.39. The highest BCUT2D eigenvalue weighted by atomic mass is 15.2. The number of fused-ring (bicyclic) bond motifs is 4. The summed E-state index contributed by atoms with van der Waals surface area (Å²) >= 11 is 0. The smallest absolute Gasteiger partial charge is 0.0101 e. The van der Waals surface area contributed by atoms with Gasteiger partial charge in [-0.2, -0.15) is 0 Å². The lowest BCUT2D eigenvalue weighted by atomic mass is 9.39. The summed E-state index contributed by atoms with van der Waals surface area (Å²) in [4.78, 5) is 3.31. The SMILES string of the molecule is CC1CCC(N(C2CCC(C)CC2)C2CCC(C3C4CCCCC4C(C4C5CCCCC5C(C5CCC(C6CCCCC6)CC5C5CCCCC5)C5CCCCC54)C4CCCCC43)CC2)CC1. The summed E-state index contributed by atoms with van der Waals surface area (Å²) in [7, 11) is 0. The second-order valence-corrected chi connectivity index (χ2v) is 29.3. The molecule has 0 radical (unpaired) electrons. The van der Waals surface area contributed by atoms with Crippen LogP contribution in [0.2, 0.25) is 0 Å². The van der Waals surface area contributed by atoms with Gasteiger partial charge in [0.05, 0.1) is 0 Å². The molecule has 0 aliphatic heterocycles. The van der Waals surface area contributed by atoms with Gasteiger partial charge in [-0.1, -0.05) is 129 Å². The van der Waals surface area contributed by atoms with Gasteiger partial charge in [-0.25, -0.2) is 0 Å². The summed E-state index contributed by atoms with van der Waals surface area (Å²) in [5.74, 6) is 21.8. The minimum atomic E-state index is 0.911. The van der Waals surface area contributed by atoms with Crippen LogP contribution in [-0.4, -0.2) is 23.0 Å². The average molecular weight is 919 g/mol. The van der Waals surface area contributed by atoms with E-state index in [4.69, 9.17) is 0 Å². The van der Waals surface area contributed by atoms with Crippen molar-refractivity contribution in [3.63, 3.8) is 0 Å². The van der Waals surface area contributed by atoms with Gasteiger partial charge >= 0.3 is 0 Å². The maximum absolute atomic E-state index is 3.31. The zero-order chi connectivity index (χ0) is 44.8. The molecule has 380 valence electrons. The molecule has 11 atom stereocenters. The van der Waals surface area contributed by atoms with E-state index in [0.717, 1.165) is 136 Å². The largest absolute Gasteiger partial charge is 0.294 e. The molecule has 12 fully saturated rings. The Morgan fingerprint density at radius 3 is 0.940 bits per heavy atom. The fraction of sp³-hybridized carbons (Fsp3) is 1.00. The quantitative estimate of drug-likeness (QED) is 0.235. The highest BCUT2D eigenvalue weighted by molar-refractivity contribution is 5.11. The van der Waals surface area contributed by atoms with Crippen LogP contribution in [0, 0.1) is 118 Å². The monoisotopic (exact) mass is 918 g/mol. The van der Waals surface area contributed by atoms with Gasteiger partial charge in [0.1, 0.15) is 0 Å². The lowest BCUT2D eigenvalue weighted by Gasteiger charge is -2.66. The molecule has 0 N–H and O–H groups in total. The Morgan fingerprint density at radius 2 is 0.522 bits per heavy atom. The van der Waals surface area contributed by atoms with Crippen LogP contribution in [0.25, 0.3) is 0 Å². The molecule has 12 aliphatic rings. The zero-order valence-electron chi connectivity index (χ0n) is 44.7. The van der Waals surface area contributed by atoms with E-state index in [1.807, 2.05) is 0 Å². The van der Waals surface area contributed by atoms with Crippen LogP contribution in [0.3, 0.4) is 0 Å². The molecule has 12 rings (SSSR count). The first kappa shape index (κ1) is 47.9. The van der Waals surface area contributed by atoms with Crippen LogP contribution in [-0.2, 0) is 0 Å². The molecular formula is C66H111N. The summed E-state index contributed by atoms with van der Waals surface area (Å²) in [6, 6.07) is 2.73. The van der Waals surface area contributed by atoms with E-state index in [-0.39, 0.29) is 0 Å². The standard InChI is InChI=1S/C66H111N/c1-44-29-36-50(37-30-44)67(51-38-31-45(2)32-39-51)52-40-33-48(34-41-52)63-53-21-9-13-25-57(53)65(58-26-14-10-22-54(58)63)66-59-27-15-11-23-55(59)64(56-24-12-16-28-60(56)66)61-42-35-49(46-17-5-3-6-18-46)43-62(61)47-19-7-4-8-20-47/h44-66H,3-43H2,1-2H3. The van der Waals surface area contributed by atoms with Crippen molar-refractivity contribution in [3.05, 3.63) is 0 Å². The predicted molar refractivity (Wildman–Crippen MR) is 284 cm³/mol. The fourth-order valence-corrected chi connectivity index (χ4v) is 24.0. The maximum Gasteiger partial charge on any atom is 0.0101 e. The highest BCUT2D eigenvalue weighted by Crippen LogP contribution is 2.69. The third-order valence-corrected chi connectivity index (χ3v) is 26.5. The van der Waals surface area contributed by atoms with Crippen LogP contribution in [0.4, 0.5) is 0 Å². The first-order chi connectivity index (χ1) is 33.1. The summed E-state index contributed by atoms with van der Waals surface area (Å²) in [6.07, 6.45) is 65.2. The van der Waals surface area contributed by atoms with Gasteiger partial charge in [0.2, 0.25) is 0 Å². The van der Waals surface area contributed by atoms with Gasteiger partial charge in [-0.15, -0.1) is 0 Å². The van der Waals surface area contributed by atoms with Crippen molar-refractivity contribution in [2.24, 2.45) is 118 Å². The van der Waals surface area contributed by atoms with Crippen molar-refractivity contribution in [1.82, 2.24) is 4.90 Å². The Balaban J connectivity index is 0.817. The van der Waals surface area contributed by atoms with Crippen LogP contribution >= 0.6 is 0 Å². The lowest BCUT2D eigenvalue weighted by Crippen LogP contribution is -2.60. The maximum atomic E-state index is 3.31. The van der Waals surface area contributed by atoms with Crippen molar-refractivity contribution in [2.45, 2.75) is 295 Å². The van der Waals surface area contributed by atoms with Crippen LogP contribution in [0.15, 0.2) is 0 Å². The summed E-state index contributed by atoms with van der Waals surface area (Å²) in [5.41, 5.74) is 0. The van der Waals surface area contributed by atoms with Crippen molar-refractivity contribution in [1.29, 1.82) is 0 Å². The molecule has 0 spiro atoms. The molecule has 0 saturated heterocycles. The van der Waals surface area contributed by atoms with E-state index in [9.17, 15) is 0 Å². The van der Waals surface area contributed by atoms with Crippen molar-refractivity contribution in [3.8, 4) is 0 Å². The number of rotatable bonds is 8. The van der Waals surface area contributed by atoms with E-state index in [1.165, 1.54) is 57.8 Å². The molecule has 12 saturated carbocycles. The molecule has 0 aromatic carbocycles. The van der Waals surface area contributed by atoms with Gasteiger partial charge in [0.15, 0.2) is 0 Å². The Hall–Kier alpha value is -0.0400. The zero-order valence-corrected chi connectivity index (χ0v) is 44.7. The lowest BCUT2D eigenvalue weighted by molar-refractivity contribution is -0.179. The van der Waals surface area contributed by atoms with Gasteiger partial charge in [0, 0.05) is 18.1 Å². The number of nitrogens with zero attached hydrogens (tertiary/aromatic N) is 1. The topological polar surface area (TPSA) is 3.24 Å². The molecule has 0 amide bonds. The van der Waals surface area contributed by atoms with Gasteiger partial charge in [0.25, 0.3) is 0 Å². The van der Waals surface area contributed by atoms with Gasteiger partial charge < -0.3 is 0 Å². The molecule has 11 unspecified atom stereocenters. The number of hydrogen-bond donors (Lipinski definition) is 0. The Morgan fingerprint density at radius 1 is 0.209 bits per heavy atom. The van der Waals surface area contributed by atoms with E-state index in [2.05, 4.69) is 18.7 Å². The summed E-state index contributed by atoms with van der Waals surface area (Å²) < 4.78 is 0. The molecule has 0 bridgehead atoms. The van der Waals surface area contributed by atoms with E-state index < -0.39 is 0 Å². The minimum absolute atomic E-state index is 0.911. The second kappa shape index (κ2) is 21.8. The van der Waals surface area contributed by atoms with Gasteiger partial charge in [-0.3, -0.25) is 4.90 Å². The van der Waals surface area contributed by atoms with E-state index >= 15 is 0 Å². The molecular weight excluding hydrogens is 807 g/mol. The Kier molecular flexibility index (Phi) is 15.6. The third-order valence-electron chi connectivity index (χ3n) is 26.5. The molecule has 67 heavy (non-hydrogen) atoms. The Bertz CT molecular complexity index is 1440. The first-order valence-electron chi connectivity index (χ1n) is 32.9. The van der Waals surface area contributed by atoms with E-state index in [1.54, 1.807) is 205 Å². The molecule has 0 aromatic rings. The Labute approximate surface area is 416 Å². The minimum Gasteiger partial charge on any atom is -0.294 e. The van der Waals surface area contributed by atoms with E-state index in [0.29, 0.717) is 0 Å². The summed E-state index contributed by atoms with van der Waals surface area (Å²) in [5, 5.41) is 0. The van der Waals surface area contributed by atoms with Crippen molar-refractivity contribution < 1.29 is 0 Å². The fourth-order valence-electron chi connectivity index (χ4n) is 24.0. The normalized spacial score (nSPS) is 50.6. The molecule has 1 heteroatoms. The molecule has 0 aromatic heterocycles. The first-order valence-corrected chi connectivity index (χ1v) is 32.9. The summed E-state index contributed by atoms with van der Waals surface area (Å²) in [6.45, 7) is 5.11. The van der Waals surface area contributed by atoms with Crippen molar-refractivity contribution in [2.75, 3.05) is 0 Å². The van der Waals surface area contributed by atoms with Gasteiger partial charge in [-0.05, 0) is 266 Å². The molecule has 12 aliphatic carbocycles. The molecule has 1 nitrogen and oxygen atoms in total. The van der Waals surface area contributed by atoms with Crippen molar-refractivity contribution >= 4 is 0 Å². The second-order valence-electron chi connectivity index (χ2n) is 29.3.